The number of carboxylic acids is 1. The zero-order chi connectivity index (χ0) is 17.7. The van der Waals surface area contributed by atoms with Crippen molar-refractivity contribution in [2.75, 3.05) is 26.2 Å². The minimum Gasteiger partial charge on any atom is -0.548 e. The zero-order valence-corrected chi connectivity index (χ0v) is 18.7. The van der Waals surface area contributed by atoms with Gasteiger partial charge in [-0.1, -0.05) is 25.8 Å². The van der Waals surface area contributed by atoms with Gasteiger partial charge in [-0.3, -0.25) is 4.90 Å². The van der Waals surface area contributed by atoms with Crippen molar-refractivity contribution in [2.24, 2.45) is 0 Å². The molecule has 3 N–H and O–H groups in total. The van der Waals surface area contributed by atoms with E-state index in [1.165, 1.54) is 0 Å². The third kappa shape index (κ3) is 13.9. The Balaban J connectivity index is 0. The molecule has 0 aromatic carbocycles. The average molecular weight is 369 g/mol. The summed E-state index contributed by atoms with van der Waals surface area (Å²) in [6.45, 7) is 9.05. The van der Waals surface area contributed by atoms with Crippen LogP contribution in [0.2, 0.25) is 0 Å². The van der Waals surface area contributed by atoms with E-state index in [1.807, 2.05) is 0 Å². The maximum atomic E-state index is 11.1. The number of aliphatic hydroxyl groups excluding tert-OH is 2. The second-order valence-corrected chi connectivity index (χ2v) is 6.01. The van der Waals surface area contributed by atoms with Gasteiger partial charge in [-0.2, -0.15) is 0 Å². The minimum absolute atomic E-state index is 0. The monoisotopic (exact) mass is 368 g/mol. The minimum atomic E-state index is -1.15. The molecule has 0 saturated heterocycles. The van der Waals surface area contributed by atoms with Crippen molar-refractivity contribution in [2.45, 2.75) is 64.2 Å². The first-order chi connectivity index (χ1) is 10.9. The van der Waals surface area contributed by atoms with Crippen LogP contribution >= 0.6 is 0 Å². The quantitative estimate of drug-likeness (QED) is 0.161. The summed E-state index contributed by atoms with van der Waals surface area (Å²) >= 11 is 0. The van der Waals surface area contributed by atoms with Crippen LogP contribution in [-0.4, -0.2) is 65.5 Å². The van der Waals surface area contributed by atoms with Crippen LogP contribution in [0.5, 0.6) is 0 Å². The molecule has 0 aliphatic rings. The van der Waals surface area contributed by atoms with Crippen LogP contribution in [0.1, 0.15) is 46.0 Å². The summed E-state index contributed by atoms with van der Waals surface area (Å²) in [4.78, 5) is 12.8. The fourth-order valence-corrected chi connectivity index (χ4v) is 2.30. The maximum absolute atomic E-state index is 11.1. The van der Waals surface area contributed by atoms with Gasteiger partial charge in [0.25, 0.3) is 0 Å². The van der Waals surface area contributed by atoms with Crippen molar-refractivity contribution >= 4 is 5.97 Å². The second-order valence-electron chi connectivity index (χ2n) is 6.01. The fourth-order valence-electron chi connectivity index (χ4n) is 2.30. The van der Waals surface area contributed by atoms with E-state index in [4.69, 9.17) is 0 Å². The Morgan fingerprint density at radius 1 is 1.33 bits per heavy atom. The topological polar surface area (TPSA) is 95.9 Å². The normalized spacial score (nSPS) is 14.7. The van der Waals surface area contributed by atoms with Crippen molar-refractivity contribution < 1.29 is 71.5 Å². The van der Waals surface area contributed by atoms with Crippen LogP contribution in [0.15, 0.2) is 12.7 Å². The summed E-state index contributed by atoms with van der Waals surface area (Å²) in [5.74, 6) is -1.15. The largest absolute Gasteiger partial charge is 1.00 e. The van der Waals surface area contributed by atoms with Gasteiger partial charge in [-0.15, -0.1) is 6.58 Å². The molecule has 7 heteroatoms. The van der Waals surface area contributed by atoms with E-state index in [-0.39, 0.29) is 64.0 Å². The summed E-state index contributed by atoms with van der Waals surface area (Å²) in [5.41, 5.74) is 0. The molecule has 0 saturated carbocycles. The Bertz CT molecular complexity index is 332. The number of nitrogens with zero attached hydrogens (tertiary/aromatic N) is 1. The van der Waals surface area contributed by atoms with Crippen molar-refractivity contribution in [1.82, 2.24) is 10.2 Å². The number of unbranched alkanes of at least 4 members (excludes halogenated alkanes) is 1. The number of aliphatic carboxylic acids is 1. The van der Waals surface area contributed by atoms with E-state index in [1.54, 1.807) is 17.9 Å². The number of rotatable bonds is 15. The molecule has 0 amide bonds. The predicted octanol–water partition coefficient (Wildman–Crippen LogP) is -3.10. The van der Waals surface area contributed by atoms with Gasteiger partial charge in [0.1, 0.15) is 0 Å². The Morgan fingerprint density at radius 2 is 2.00 bits per heavy atom. The summed E-state index contributed by atoms with van der Waals surface area (Å²) in [7, 11) is 0. The van der Waals surface area contributed by atoms with Gasteiger partial charge in [-0.05, 0) is 26.2 Å². The SMILES string of the molecule is C=CCCC(O)CN(CCNCC(O)CCCC)C(C)C(=O)[O-].[K+]. The first-order valence-corrected chi connectivity index (χ1v) is 8.55. The Labute approximate surface area is 189 Å². The number of allylic oxidation sites excluding steroid dienone is 1. The average Bonchev–Trinajstić information content (AvgIpc) is 2.52. The molecular weight excluding hydrogens is 335 g/mol. The van der Waals surface area contributed by atoms with Gasteiger partial charge in [0.05, 0.1) is 18.2 Å². The van der Waals surface area contributed by atoms with Gasteiger partial charge in [0, 0.05) is 32.2 Å². The van der Waals surface area contributed by atoms with Crippen LogP contribution in [0.3, 0.4) is 0 Å². The van der Waals surface area contributed by atoms with E-state index in [0.29, 0.717) is 32.5 Å². The number of hydrogen-bond donors (Lipinski definition) is 3. The number of carbonyl (C=O) groups excluding carboxylic acids is 1. The van der Waals surface area contributed by atoms with Gasteiger partial charge in [-0.25, -0.2) is 0 Å². The molecule has 0 fully saturated rings. The predicted molar refractivity (Wildman–Crippen MR) is 89.9 cm³/mol. The van der Waals surface area contributed by atoms with Crippen molar-refractivity contribution in [3.63, 3.8) is 0 Å². The zero-order valence-electron chi connectivity index (χ0n) is 15.5. The summed E-state index contributed by atoms with van der Waals surface area (Å²) in [6, 6.07) is -0.764. The Hall–Kier alpha value is 0.686. The summed E-state index contributed by atoms with van der Waals surface area (Å²) < 4.78 is 0. The molecule has 6 nitrogen and oxygen atoms in total. The molecule has 0 heterocycles. The number of carbonyl (C=O) groups is 1. The van der Waals surface area contributed by atoms with E-state index in [9.17, 15) is 20.1 Å². The van der Waals surface area contributed by atoms with Crippen LogP contribution in [0.4, 0.5) is 0 Å². The molecule has 0 radical (unpaired) electrons. The number of nitrogens with one attached hydrogen (secondary N) is 1. The van der Waals surface area contributed by atoms with Crippen LogP contribution < -0.4 is 61.8 Å². The molecule has 0 aliphatic heterocycles. The number of hydrogen-bond acceptors (Lipinski definition) is 6. The van der Waals surface area contributed by atoms with E-state index >= 15 is 0 Å². The Morgan fingerprint density at radius 3 is 2.54 bits per heavy atom. The van der Waals surface area contributed by atoms with Crippen molar-refractivity contribution in [3.05, 3.63) is 12.7 Å². The standard InChI is InChI=1S/C17H34N2O4.K/c1-4-6-8-15(20)12-18-10-11-19(14(3)17(22)23)13-16(21)9-7-5-2;/h5,14-16,18,20-21H,2,4,6-13H2,1,3H3,(H,22,23);/q;+1/p-1. The van der Waals surface area contributed by atoms with E-state index in [2.05, 4.69) is 18.8 Å². The molecule has 0 aliphatic carbocycles. The number of aliphatic hydroxyl groups is 2. The van der Waals surface area contributed by atoms with Gasteiger partial charge in [0.2, 0.25) is 0 Å². The van der Waals surface area contributed by atoms with Crippen molar-refractivity contribution in [3.8, 4) is 0 Å². The fraction of sp³-hybridized carbons (Fsp3) is 0.824. The van der Waals surface area contributed by atoms with Gasteiger partial charge < -0.3 is 25.4 Å². The maximum Gasteiger partial charge on any atom is 1.00 e. The summed E-state index contributed by atoms with van der Waals surface area (Å²) in [6.07, 6.45) is 4.82. The number of carboxylic acid groups (broad SMARTS) is 1. The molecule has 136 valence electrons. The van der Waals surface area contributed by atoms with E-state index < -0.39 is 18.1 Å². The van der Waals surface area contributed by atoms with Gasteiger partial charge in [0.15, 0.2) is 0 Å². The molecule has 0 rings (SSSR count). The first kappa shape index (κ1) is 26.9. The molecule has 0 aromatic rings. The third-order valence-corrected chi connectivity index (χ3v) is 3.88. The first-order valence-electron chi connectivity index (χ1n) is 8.55. The van der Waals surface area contributed by atoms with Crippen LogP contribution in [-0.2, 0) is 4.79 Å². The molecule has 24 heavy (non-hydrogen) atoms. The molecule has 0 spiro atoms. The summed E-state index contributed by atoms with van der Waals surface area (Å²) in [5, 5.41) is 33.9. The van der Waals surface area contributed by atoms with Crippen molar-refractivity contribution in [1.29, 1.82) is 0 Å². The van der Waals surface area contributed by atoms with E-state index in [0.717, 1.165) is 19.3 Å². The smallest absolute Gasteiger partial charge is 0.548 e. The van der Waals surface area contributed by atoms with Crippen LogP contribution in [0.25, 0.3) is 0 Å². The van der Waals surface area contributed by atoms with Crippen LogP contribution in [0, 0.1) is 0 Å². The Kier molecular flexibility index (Phi) is 19.2. The molecule has 3 atom stereocenters. The van der Waals surface area contributed by atoms with Gasteiger partial charge >= 0.3 is 51.4 Å². The second kappa shape index (κ2) is 17.1. The molecule has 3 unspecified atom stereocenters. The third-order valence-electron chi connectivity index (χ3n) is 3.88. The molecule has 0 aromatic heterocycles. The molecular formula is C17H33KN2O4. The molecule has 0 bridgehead atoms.